The molecule has 0 aliphatic rings. The molecule has 0 aliphatic heterocycles. The third kappa shape index (κ3) is 3.48. The van der Waals surface area contributed by atoms with Gasteiger partial charge in [0.1, 0.15) is 5.02 Å². The quantitative estimate of drug-likeness (QED) is 0.855. The first-order valence-electron chi connectivity index (χ1n) is 5.90. The summed E-state index contributed by atoms with van der Waals surface area (Å²) in [5.41, 5.74) is 0.816. The van der Waals surface area contributed by atoms with Crippen LogP contribution in [0.4, 0.5) is 5.69 Å². The summed E-state index contributed by atoms with van der Waals surface area (Å²) < 4.78 is 1.25. The van der Waals surface area contributed by atoms with Crippen molar-refractivity contribution in [2.75, 3.05) is 23.9 Å². The van der Waals surface area contributed by atoms with Crippen LogP contribution in [0, 0.1) is 0 Å². The topological polar surface area (TPSA) is 46.9 Å². The van der Waals surface area contributed by atoms with Crippen molar-refractivity contribution in [1.82, 2.24) is 9.78 Å². The first kappa shape index (κ1) is 15.2. The Bertz CT molecular complexity index is 643. The molecule has 1 aromatic heterocycles. The van der Waals surface area contributed by atoms with Crippen molar-refractivity contribution in [3.05, 3.63) is 50.9 Å². The number of hydrogen-bond donors (Lipinski definition) is 1. The van der Waals surface area contributed by atoms with Gasteiger partial charge in [-0.2, -0.15) is 21.5 Å². The maximum Gasteiger partial charge on any atom is 0.292 e. The van der Waals surface area contributed by atoms with Crippen LogP contribution in [0.25, 0.3) is 5.69 Å². The summed E-state index contributed by atoms with van der Waals surface area (Å²) in [6, 6.07) is 6.83. The molecule has 0 aliphatic carbocycles. The molecule has 106 valence electrons. The SMILES string of the molecule is CSCCNc1cnn(-c2ccc(Cl)cc2)c(=O)c1Cl. The number of anilines is 1. The van der Waals surface area contributed by atoms with Gasteiger partial charge in [0.15, 0.2) is 0 Å². The molecular formula is C13H13Cl2N3OS. The second-order valence-electron chi connectivity index (χ2n) is 3.99. The smallest absolute Gasteiger partial charge is 0.292 e. The van der Waals surface area contributed by atoms with Gasteiger partial charge in [-0.15, -0.1) is 0 Å². The largest absolute Gasteiger partial charge is 0.382 e. The van der Waals surface area contributed by atoms with Gasteiger partial charge < -0.3 is 5.32 Å². The molecule has 0 fully saturated rings. The normalized spacial score (nSPS) is 10.6. The van der Waals surface area contributed by atoms with Gasteiger partial charge in [-0.3, -0.25) is 4.79 Å². The fourth-order valence-corrected chi connectivity index (χ4v) is 2.24. The molecule has 0 radical (unpaired) electrons. The van der Waals surface area contributed by atoms with E-state index in [1.54, 1.807) is 42.2 Å². The highest BCUT2D eigenvalue weighted by atomic mass is 35.5. The molecule has 7 heteroatoms. The summed E-state index contributed by atoms with van der Waals surface area (Å²) in [7, 11) is 0. The second kappa shape index (κ2) is 7.02. The minimum absolute atomic E-state index is 0.135. The van der Waals surface area contributed by atoms with Crippen LogP contribution < -0.4 is 10.9 Å². The number of thioether (sulfide) groups is 1. The van der Waals surface area contributed by atoms with Gasteiger partial charge in [-0.05, 0) is 30.5 Å². The van der Waals surface area contributed by atoms with Crippen molar-refractivity contribution < 1.29 is 0 Å². The number of halogens is 2. The Morgan fingerprint density at radius 3 is 2.65 bits per heavy atom. The summed E-state index contributed by atoms with van der Waals surface area (Å²) in [4.78, 5) is 12.2. The van der Waals surface area contributed by atoms with Crippen LogP contribution >= 0.6 is 35.0 Å². The monoisotopic (exact) mass is 329 g/mol. The van der Waals surface area contributed by atoms with Crippen molar-refractivity contribution in [1.29, 1.82) is 0 Å². The highest BCUT2D eigenvalue weighted by Crippen LogP contribution is 2.17. The molecular weight excluding hydrogens is 317 g/mol. The lowest BCUT2D eigenvalue weighted by molar-refractivity contribution is 0.807. The Hall–Kier alpha value is -1.17. The van der Waals surface area contributed by atoms with Gasteiger partial charge in [0.25, 0.3) is 5.56 Å². The fraction of sp³-hybridized carbons (Fsp3) is 0.231. The third-order valence-electron chi connectivity index (χ3n) is 2.61. The average molecular weight is 330 g/mol. The maximum atomic E-state index is 12.2. The van der Waals surface area contributed by atoms with E-state index in [1.807, 2.05) is 6.26 Å². The van der Waals surface area contributed by atoms with Crippen molar-refractivity contribution in [3.8, 4) is 5.69 Å². The number of benzene rings is 1. The van der Waals surface area contributed by atoms with E-state index in [9.17, 15) is 4.79 Å². The standard InChI is InChI=1S/C13H13Cl2N3OS/c1-20-7-6-16-11-8-17-18(13(19)12(11)15)10-4-2-9(14)3-5-10/h2-5,8,16H,6-7H2,1H3. The Morgan fingerprint density at radius 2 is 2.00 bits per heavy atom. The van der Waals surface area contributed by atoms with E-state index < -0.39 is 0 Å². The Kier molecular flexibility index (Phi) is 5.34. The van der Waals surface area contributed by atoms with Crippen LogP contribution in [0.3, 0.4) is 0 Å². The van der Waals surface area contributed by atoms with Crippen LogP contribution in [0.1, 0.15) is 0 Å². The molecule has 0 bridgehead atoms. The molecule has 4 nitrogen and oxygen atoms in total. The third-order valence-corrected chi connectivity index (χ3v) is 3.84. The first-order valence-corrected chi connectivity index (χ1v) is 8.05. The van der Waals surface area contributed by atoms with Crippen LogP contribution in [-0.2, 0) is 0 Å². The van der Waals surface area contributed by atoms with E-state index in [0.29, 0.717) is 16.4 Å². The molecule has 0 saturated heterocycles. The highest BCUT2D eigenvalue weighted by molar-refractivity contribution is 7.98. The number of rotatable bonds is 5. The Balaban J connectivity index is 2.31. The van der Waals surface area contributed by atoms with Crippen LogP contribution in [0.5, 0.6) is 0 Å². The minimum Gasteiger partial charge on any atom is -0.382 e. The predicted octanol–water partition coefficient (Wildman–Crippen LogP) is 3.31. The predicted molar refractivity (Wildman–Crippen MR) is 86.7 cm³/mol. The molecule has 0 atom stereocenters. The van der Waals surface area contributed by atoms with Gasteiger partial charge in [0.2, 0.25) is 0 Å². The lowest BCUT2D eigenvalue weighted by atomic mass is 10.3. The zero-order chi connectivity index (χ0) is 14.5. The molecule has 0 amide bonds. The number of aromatic nitrogens is 2. The summed E-state index contributed by atoms with van der Waals surface area (Å²) in [6.45, 7) is 0.729. The molecule has 20 heavy (non-hydrogen) atoms. The summed E-state index contributed by atoms with van der Waals surface area (Å²) in [5, 5.41) is 7.95. The fourth-order valence-electron chi connectivity index (χ4n) is 1.61. The van der Waals surface area contributed by atoms with Gasteiger partial charge >= 0.3 is 0 Å². The number of nitrogens with zero attached hydrogens (tertiary/aromatic N) is 2. The Labute approximate surface area is 131 Å². The van der Waals surface area contributed by atoms with E-state index >= 15 is 0 Å². The Morgan fingerprint density at radius 1 is 1.30 bits per heavy atom. The molecule has 1 aromatic carbocycles. The zero-order valence-corrected chi connectivity index (χ0v) is 13.1. The van der Waals surface area contributed by atoms with Crippen molar-refractivity contribution in [2.24, 2.45) is 0 Å². The molecule has 0 unspecified atom stereocenters. The van der Waals surface area contributed by atoms with E-state index in [4.69, 9.17) is 23.2 Å². The molecule has 2 rings (SSSR count). The van der Waals surface area contributed by atoms with Crippen LogP contribution in [0.15, 0.2) is 35.3 Å². The van der Waals surface area contributed by atoms with E-state index in [2.05, 4.69) is 10.4 Å². The van der Waals surface area contributed by atoms with E-state index in [1.165, 1.54) is 4.68 Å². The molecule has 1 N–H and O–H groups in total. The van der Waals surface area contributed by atoms with Crippen molar-refractivity contribution in [3.63, 3.8) is 0 Å². The minimum atomic E-state index is -0.358. The number of hydrogen-bond acceptors (Lipinski definition) is 4. The summed E-state index contributed by atoms with van der Waals surface area (Å²) >= 11 is 13.6. The number of nitrogens with one attached hydrogen (secondary N) is 1. The van der Waals surface area contributed by atoms with Gasteiger partial charge in [0.05, 0.1) is 17.6 Å². The molecule has 0 spiro atoms. The van der Waals surface area contributed by atoms with Crippen LogP contribution in [-0.4, -0.2) is 28.3 Å². The zero-order valence-electron chi connectivity index (χ0n) is 10.8. The first-order chi connectivity index (χ1) is 9.63. The summed E-state index contributed by atoms with van der Waals surface area (Å²) in [6.07, 6.45) is 3.57. The van der Waals surface area contributed by atoms with E-state index in [0.717, 1.165) is 12.3 Å². The lowest BCUT2D eigenvalue weighted by Gasteiger charge is -2.09. The molecule has 0 saturated carbocycles. The second-order valence-corrected chi connectivity index (χ2v) is 5.79. The van der Waals surface area contributed by atoms with Gasteiger partial charge in [-0.25, -0.2) is 0 Å². The maximum absolute atomic E-state index is 12.2. The average Bonchev–Trinajstić information content (AvgIpc) is 2.45. The van der Waals surface area contributed by atoms with Crippen LogP contribution in [0.2, 0.25) is 10.0 Å². The van der Waals surface area contributed by atoms with Gasteiger partial charge in [-0.1, -0.05) is 23.2 Å². The summed E-state index contributed by atoms with van der Waals surface area (Å²) in [5.74, 6) is 0.927. The molecule has 2 aromatic rings. The van der Waals surface area contributed by atoms with Crippen molar-refractivity contribution in [2.45, 2.75) is 0 Å². The molecule has 1 heterocycles. The van der Waals surface area contributed by atoms with Gasteiger partial charge in [0, 0.05) is 17.3 Å². The highest BCUT2D eigenvalue weighted by Gasteiger charge is 2.10. The lowest BCUT2D eigenvalue weighted by Crippen LogP contribution is -2.23. The van der Waals surface area contributed by atoms with E-state index in [-0.39, 0.29) is 10.6 Å². The van der Waals surface area contributed by atoms with Crippen molar-refractivity contribution >= 4 is 40.7 Å².